The van der Waals surface area contributed by atoms with E-state index in [9.17, 15) is 9.59 Å². The molecule has 3 aromatic carbocycles. The number of benzene rings is 3. The summed E-state index contributed by atoms with van der Waals surface area (Å²) in [7, 11) is 0. The van der Waals surface area contributed by atoms with Gasteiger partial charge in [0.1, 0.15) is 11.8 Å². The standard InChI is InChI=1S/C28H31ClN2O3/c1-20(2)30-28(33)26(16-22-11-5-4-6-12-22)31(18-23-13-8-7-10-21(23)3)27(32)19-34-25-15-9-14-24(29)17-25/h4-15,17,20,26H,16,18-19H2,1-3H3,(H,30,33). The molecule has 0 heterocycles. The smallest absolute Gasteiger partial charge is 0.261 e. The van der Waals surface area contributed by atoms with Crippen molar-refractivity contribution in [2.45, 2.75) is 45.8 Å². The van der Waals surface area contributed by atoms with Crippen LogP contribution in [0.1, 0.15) is 30.5 Å². The van der Waals surface area contributed by atoms with Gasteiger partial charge in [0.05, 0.1) is 0 Å². The lowest BCUT2D eigenvalue weighted by Crippen LogP contribution is -2.52. The van der Waals surface area contributed by atoms with E-state index in [1.54, 1.807) is 29.2 Å². The summed E-state index contributed by atoms with van der Waals surface area (Å²) in [6, 6.07) is 23.8. The van der Waals surface area contributed by atoms with Gasteiger partial charge in [0.15, 0.2) is 6.61 Å². The van der Waals surface area contributed by atoms with Crippen LogP contribution in [0.3, 0.4) is 0 Å². The monoisotopic (exact) mass is 478 g/mol. The lowest BCUT2D eigenvalue weighted by Gasteiger charge is -2.32. The highest BCUT2D eigenvalue weighted by Crippen LogP contribution is 2.20. The zero-order valence-corrected chi connectivity index (χ0v) is 20.6. The number of carbonyl (C=O) groups is 2. The maximum absolute atomic E-state index is 13.5. The third-order valence-electron chi connectivity index (χ3n) is 5.46. The number of nitrogens with zero attached hydrogens (tertiary/aromatic N) is 1. The van der Waals surface area contributed by atoms with Gasteiger partial charge in [0.25, 0.3) is 5.91 Å². The maximum atomic E-state index is 13.5. The summed E-state index contributed by atoms with van der Waals surface area (Å²) in [4.78, 5) is 28.5. The number of halogens is 1. The number of amides is 2. The van der Waals surface area contributed by atoms with E-state index in [4.69, 9.17) is 16.3 Å². The van der Waals surface area contributed by atoms with E-state index in [2.05, 4.69) is 5.32 Å². The normalized spacial score (nSPS) is 11.7. The average molecular weight is 479 g/mol. The molecule has 178 valence electrons. The Balaban J connectivity index is 1.92. The largest absolute Gasteiger partial charge is 0.484 e. The fourth-order valence-electron chi connectivity index (χ4n) is 3.69. The number of carbonyl (C=O) groups excluding carboxylic acids is 2. The van der Waals surface area contributed by atoms with Crippen molar-refractivity contribution in [1.29, 1.82) is 0 Å². The molecule has 0 aliphatic carbocycles. The van der Waals surface area contributed by atoms with Crippen LogP contribution in [0.5, 0.6) is 5.75 Å². The van der Waals surface area contributed by atoms with Gasteiger partial charge >= 0.3 is 0 Å². The molecule has 0 radical (unpaired) electrons. The Kier molecular flexibility index (Phi) is 9.11. The fourth-order valence-corrected chi connectivity index (χ4v) is 3.87. The highest BCUT2D eigenvalue weighted by Gasteiger charge is 2.31. The van der Waals surface area contributed by atoms with Crippen LogP contribution in [-0.2, 0) is 22.6 Å². The van der Waals surface area contributed by atoms with Gasteiger partial charge in [-0.1, -0.05) is 72.3 Å². The molecule has 1 atom stereocenters. The van der Waals surface area contributed by atoms with Gasteiger partial charge in [0, 0.05) is 24.0 Å². The molecule has 0 aliphatic heterocycles. The molecule has 6 heteroatoms. The lowest BCUT2D eigenvalue weighted by atomic mass is 10.0. The van der Waals surface area contributed by atoms with Gasteiger partial charge in [-0.2, -0.15) is 0 Å². The molecule has 3 rings (SSSR count). The Morgan fingerprint density at radius 1 is 0.971 bits per heavy atom. The molecule has 0 spiro atoms. The van der Waals surface area contributed by atoms with E-state index in [-0.39, 0.29) is 24.5 Å². The van der Waals surface area contributed by atoms with Crippen LogP contribution in [0.2, 0.25) is 5.02 Å². The summed E-state index contributed by atoms with van der Waals surface area (Å²) in [5.41, 5.74) is 3.01. The number of aryl methyl sites for hydroxylation is 1. The minimum Gasteiger partial charge on any atom is -0.484 e. The predicted molar refractivity (Wildman–Crippen MR) is 136 cm³/mol. The summed E-state index contributed by atoms with van der Waals surface area (Å²) in [5, 5.41) is 3.52. The first-order chi connectivity index (χ1) is 16.3. The minimum atomic E-state index is -0.695. The van der Waals surface area contributed by atoms with Crippen LogP contribution < -0.4 is 10.1 Å². The lowest BCUT2D eigenvalue weighted by molar-refractivity contribution is -0.143. The van der Waals surface area contributed by atoms with E-state index in [0.29, 0.717) is 23.7 Å². The van der Waals surface area contributed by atoms with Gasteiger partial charge in [0.2, 0.25) is 5.91 Å². The van der Waals surface area contributed by atoms with E-state index < -0.39 is 6.04 Å². The Hall–Kier alpha value is -3.31. The van der Waals surface area contributed by atoms with Gasteiger partial charge < -0.3 is 15.0 Å². The molecule has 1 N–H and O–H groups in total. The molecule has 3 aromatic rings. The SMILES string of the molecule is Cc1ccccc1CN(C(=O)COc1cccc(Cl)c1)C(Cc1ccccc1)C(=O)NC(C)C. The number of hydrogen-bond acceptors (Lipinski definition) is 3. The zero-order chi connectivity index (χ0) is 24.5. The quantitative estimate of drug-likeness (QED) is 0.436. The van der Waals surface area contributed by atoms with E-state index in [0.717, 1.165) is 16.7 Å². The Morgan fingerprint density at radius 3 is 2.35 bits per heavy atom. The number of nitrogens with one attached hydrogen (secondary N) is 1. The number of hydrogen-bond donors (Lipinski definition) is 1. The van der Waals surface area contributed by atoms with Gasteiger partial charge in [-0.15, -0.1) is 0 Å². The Bertz CT molecular complexity index is 1100. The zero-order valence-electron chi connectivity index (χ0n) is 19.8. The van der Waals surface area contributed by atoms with Crippen LogP contribution >= 0.6 is 11.6 Å². The summed E-state index contributed by atoms with van der Waals surface area (Å²) >= 11 is 6.05. The molecule has 0 bridgehead atoms. The predicted octanol–water partition coefficient (Wildman–Crippen LogP) is 5.19. The first-order valence-electron chi connectivity index (χ1n) is 11.4. The summed E-state index contributed by atoms with van der Waals surface area (Å²) in [6.45, 7) is 5.92. The molecular formula is C28H31ClN2O3. The van der Waals surface area contributed by atoms with Crippen LogP contribution in [-0.4, -0.2) is 35.4 Å². The molecule has 2 amide bonds. The molecule has 5 nitrogen and oxygen atoms in total. The van der Waals surface area contributed by atoms with Gasteiger partial charge in [-0.25, -0.2) is 0 Å². The molecular weight excluding hydrogens is 448 g/mol. The van der Waals surface area contributed by atoms with E-state index in [1.807, 2.05) is 75.4 Å². The summed E-state index contributed by atoms with van der Waals surface area (Å²) < 4.78 is 5.75. The van der Waals surface area contributed by atoms with Crippen LogP contribution in [0.15, 0.2) is 78.9 Å². The highest BCUT2D eigenvalue weighted by atomic mass is 35.5. The second-order valence-corrected chi connectivity index (χ2v) is 9.00. The second-order valence-electron chi connectivity index (χ2n) is 8.56. The molecule has 0 fully saturated rings. The van der Waals surface area contributed by atoms with Crippen LogP contribution in [0.25, 0.3) is 0 Å². The molecule has 0 aromatic heterocycles. The van der Waals surface area contributed by atoms with Gasteiger partial charge in [-0.05, 0) is 55.7 Å². The van der Waals surface area contributed by atoms with E-state index >= 15 is 0 Å². The van der Waals surface area contributed by atoms with Gasteiger partial charge in [-0.3, -0.25) is 9.59 Å². The van der Waals surface area contributed by atoms with Crippen molar-refractivity contribution in [2.75, 3.05) is 6.61 Å². The highest BCUT2D eigenvalue weighted by molar-refractivity contribution is 6.30. The third-order valence-corrected chi connectivity index (χ3v) is 5.70. The molecule has 1 unspecified atom stereocenters. The fraction of sp³-hybridized carbons (Fsp3) is 0.286. The van der Waals surface area contributed by atoms with Crippen molar-refractivity contribution in [1.82, 2.24) is 10.2 Å². The van der Waals surface area contributed by atoms with Crippen molar-refractivity contribution in [3.05, 3.63) is 101 Å². The number of ether oxygens (including phenoxy) is 1. The van der Waals surface area contributed by atoms with Crippen LogP contribution in [0.4, 0.5) is 0 Å². The molecule has 0 saturated carbocycles. The van der Waals surface area contributed by atoms with Crippen molar-refractivity contribution in [3.63, 3.8) is 0 Å². The van der Waals surface area contributed by atoms with Crippen molar-refractivity contribution < 1.29 is 14.3 Å². The molecule has 0 saturated heterocycles. The summed E-state index contributed by atoms with van der Waals surface area (Å²) in [6.07, 6.45) is 0.397. The number of rotatable bonds is 10. The minimum absolute atomic E-state index is 0.0519. The second kappa shape index (κ2) is 12.2. The molecule has 0 aliphatic rings. The topological polar surface area (TPSA) is 58.6 Å². The third kappa shape index (κ3) is 7.35. The average Bonchev–Trinajstić information content (AvgIpc) is 2.81. The first kappa shape index (κ1) is 25.3. The van der Waals surface area contributed by atoms with Crippen LogP contribution in [0, 0.1) is 6.92 Å². The Morgan fingerprint density at radius 2 is 1.68 bits per heavy atom. The molecule has 34 heavy (non-hydrogen) atoms. The maximum Gasteiger partial charge on any atom is 0.261 e. The summed E-state index contributed by atoms with van der Waals surface area (Å²) in [5.74, 6) is 0.0366. The van der Waals surface area contributed by atoms with Crippen molar-refractivity contribution in [3.8, 4) is 5.75 Å². The van der Waals surface area contributed by atoms with Crippen molar-refractivity contribution in [2.24, 2.45) is 0 Å². The Labute approximate surface area is 206 Å². The van der Waals surface area contributed by atoms with Crippen molar-refractivity contribution >= 4 is 23.4 Å². The first-order valence-corrected chi connectivity index (χ1v) is 11.8. The van der Waals surface area contributed by atoms with E-state index in [1.165, 1.54) is 0 Å².